The zero-order chi connectivity index (χ0) is 8.97. The van der Waals surface area contributed by atoms with E-state index >= 15 is 0 Å². The van der Waals surface area contributed by atoms with E-state index < -0.39 is 0 Å². The molecule has 0 fully saturated rings. The van der Waals surface area contributed by atoms with Crippen molar-refractivity contribution in [1.82, 2.24) is 10.2 Å². The molecule has 0 aliphatic heterocycles. The Kier molecular flexibility index (Phi) is 3.48. The fourth-order valence-electron chi connectivity index (χ4n) is 0.576. The smallest absolute Gasteiger partial charge is 0.218 e. The van der Waals surface area contributed by atoms with Gasteiger partial charge in [0.05, 0.1) is 0 Å². The maximum Gasteiger partial charge on any atom is 0.218 e. The predicted octanol–water partition coefficient (Wildman–Crippen LogP) is 0.814. The quantitative estimate of drug-likeness (QED) is 0.735. The molecule has 1 aromatic heterocycles. The fourth-order valence-corrected chi connectivity index (χ4v) is 2.42. The van der Waals surface area contributed by atoms with E-state index in [1.807, 2.05) is 6.92 Å². The molecule has 0 aromatic carbocycles. The van der Waals surface area contributed by atoms with Crippen LogP contribution in [0.5, 0.6) is 0 Å². The summed E-state index contributed by atoms with van der Waals surface area (Å²) in [5.41, 5.74) is 4.98. The SMILES string of the molecule is Cc1nnc(SCCC(N)=O)s1. The summed E-state index contributed by atoms with van der Waals surface area (Å²) in [6.45, 7) is 1.90. The van der Waals surface area contributed by atoms with E-state index in [4.69, 9.17) is 5.73 Å². The Balaban J connectivity index is 2.29. The van der Waals surface area contributed by atoms with Gasteiger partial charge in [0.2, 0.25) is 5.91 Å². The van der Waals surface area contributed by atoms with E-state index in [-0.39, 0.29) is 5.91 Å². The minimum atomic E-state index is -0.274. The van der Waals surface area contributed by atoms with Crippen molar-refractivity contribution in [2.45, 2.75) is 17.7 Å². The molecule has 2 N–H and O–H groups in total. The first-order chi connectivity index (χ1) is 5.68. The van der Waals surface area contributed by atoms with Crippen LogP contribution in [0.25, 0.3) is 0 Å². The summed E-state index contributed by atoms with van der Waals surface area (Å²) < 4.78 is 0.897. The number of aryl methyl sites for hydroxylation is 1. The van der Waals surface area contributed by atoms with Crippen molar-refractivity contribution >= 4 is 29.0 Å². The zero-order valence-corrected chi connectivity index (χ0v) is 8.24. The third-order valence-electron chi connectivity index (χ3n) is 1.08. The van der Waals surface area contributed by atoms with Gasteiger partial charge in [-0.2, -0.15) is 0 Å². The number of nitrogens with zero attached hydrogens (tertiary/aromatic N) is 2. The lowest BCUT2D eigenvalue weighted by Crippen LogP contribution is -2.10. The van der Waals surface area contributed by atoms with Gasteiger partial charge >= 0.3 is 0 Å². The lowest BCUT2D eigenvalue weighted by atomic mass is 10.5. The number of aromatic nitrogens is 2. The van der Waals surface area contributed by atoms with E-state index in [1.165, 1.54) is 23.1 Å². The monoisotopic (exact) mass is 203 g/mol. The van der Waals surface area contributed by atoms with E-state index in [2.05, 4.69) is 10.2 Å². The Bertz CT molecular complexity index is 274. The van der Waals surface area contributed by atoms with Crippen LogP contribution >= 0.6 is 23.1 Å². The van der Waals surface area contributed by atoms with Gasteiger partial charge in [-0.15, -0.1) is 10.2 Å². The summed E-state index contributed by atoms with van der Waals surface area (Å²) in [7, 11) is 0. The van der Waals surface area contributed by atoms with Crippen LogP contribution in [-0.2, 0) is 4.79 Å². The van der Waals surface area contributed by atoms with Crippen LogP contribution in [0, 0.1) is 6.92 Å². The number of hydrogen-bond donors (Lipinski definition) is 1. The van der Waals surface area contributed by atoms with Gasteiger partial charge in [0.25, 0.3) is 0 Å². The van der Waals surface area contributed by atoms with Crippen molar-refractivity contribution in [2.24, 2.45) is 5.73 Å². The molecule has 1 rings (SSSR count). The molecule has 12 heavy (non-hydrogen) atoms. The number of rotatable bonds is 4. The average molecular weight is 203 g/mol. The lowest BCUT2D eigenvalue weighted by molar-refractivity contribution is -0.117. The Hall–Kier alpha value is -0.620. The van der Waals surface area contributed by atoms with Gasteiger partial charge in [-0.05, 0) is 6.92 Å². The molecule has 1 amide bonds. The van der Waals surface area contributed by atoms with E-state index in [0.29, 0.717) is 12.2 Å². The molecule has 0 aliphatic rings. The van der Waals surface area contributed by atoms with Crippen LogP contribution in [-0.4, -0.2) is 21.9 Å². The summed E-state index contributed by atoms with van der Waals surface area (Å²) in [5, 5.41) is 8.68. The summed E-state index contributed by atoms with van der Waals surface area (Å²) in [6, 6.07) is 0. The van der Waals surface area contributed by atoms with Crippen molar-refractivity contribution < 1.29 is 4.79 Å². The summed E-state index contributed by atoms with van der Waals surface area (Å²) >= 11 is 3.04. The van der Waals surface area contributed by atoms with Gasteiger partial charge in [-0.25, -0.2) is 0 Å². The number of nitrogens with two attached hydrogens (primary N) is 1. The molecular formula is C6H9N3OS2. The topological polar surface area (TPSA) is 68.9 Å². The Labute approximate surface area is 78.6 Å². The molecule has 0 spiro atoms. The maximum atomic E-state index is 10.4. The van der Waals surface area contributed by atoms with E-state index in [1.54, 1.807) is 0 Å². The third kappa shape index (κ3) is 3.19. The normalized spacial score (nSPS) is 10.1. The maximum absolute atomic E-state index is 10.4. The molecule has 0 atom stereocenters. The van der Waals surface area contributed by atoms with Gasteiger partial charge in [-0.1, -0.05) is 23.1 Å². The highest BCUT2D eigenvalue weighted by molar-refractivity contribution is 8.01. The van der Waals surface area contributed by atoms with Crippen LogP contribution in [0.3, 0.4) is 0 Å². The molecular weight excluding hydrogens is 194 g/mol. The second-order valence-electron chi connectivity index (χ2n) is 2.15. The second-order valence-corrected chi connectivity index (χ2v) is 4.68. The number of thioether (sulfide) groups is 1. The molecule has 6 heteroatoms. The highest BCUT2D eigenvalue weighted by atomic mass is 32.2. The molecule has 0 radical (unpaired) electrons. The molecule has 66 valence electrons. The molecule has 1 heterocycles. The molecule has 0 bridgehead atoms. The lowest BCUT2D eigenvalue weighted by Gasteiger charge is -1.91. The zero-order valence-electron chi connectivity index (χ0n) is 6.61. The van der Waals surface area contributed by atoms with Crippen molar-refractivity contribution in [1.29, 1.82) is 0 Å². The van der Waals surface area contributed by atoms with Gasteiger partial charge < -0.3 is 5.73 Å². The number of amides is 1. The Morgan fingerprint density at radius 2 is 2.42 bits per heavy atom. The van der Waals surface area contributed by atoms with Gasteiger partial charge in [0.1, 0.15) is 5.01 Å². The molecule has 4 nitrogen and oxygen atoms in total. The van der Waals surface area contributed by atoms with E-state index in [0.717, 1.165) is 9.35 Å². The third-order valence-corrected chi connectivity index (χ3v) is 3.06. The van der Waals surface area contributed by atoms with Gasteiger partial charge in [0, 0.05) is 12.2 Å². The minimum Gasteiger partial charge on any atom is -0.370 e. The first kappa shape index (κ1) is 9.47. The summed E-state index contributed by atoms with van der Waals surface area (Å²) in [5.74, 6) is 0.410. The number of primary amides is 1. The Morgan fingerprint density at radius 1 is 1.67 bits per heavy atom. The standard InChI is InChI=1S/C6H9N3OS2/c1-4-8-9-6(12-4)11-3-2-5(7)10/h2-3H2,1H3,(H2,7,10). The first-order valence-corrected chi connectivity index (χ1v) is 5.20. The highest BCUT2D eigenvalue weighted by Crippen LogP contribution is 2.21. The first-order valence-electron chi connectivity index (χ1n) is 3.39. The molecule has 0 aliphatic carbocycles. The highest BCUT2D eigenvalue weighted by Gasteiger charge is 2.01. The number of carbonyl (C=O) groups excluding carboxylic acids is 1. The molecule has 0 saturated heterocycles. The Morgan fingerprint density at radius 3 is 2.92 bits per heavy atom. The second kappa shape index (κ2) is 4.42. The van der Waals surface area contributed by atoms with Crippen LogP contribution in [0.1, 0.15) is 11.4 Å². The minimum absolute atomic E-state index is 0.274. The fraction of sp³-hybridized carbons (Fsp3) is 0.500. The van der Waals surface area contributed by atoms with Crippen LogP contribution in [0.15, 0.2) is 4.34 Å². The molecule has 0 saturated carbocycles. The molecule has 1 aromatic rings. The van der Waals surface area contributed by atoms with Crippen LogP contribution < -0.4 is 5.73 Å². The van der Waals surface area contributed by atoms with E-state index in [9.17, 15) is 4.79 Å². The predicted molar refractivity (Wildman–Crippen MR) is 49.2 cm³/mol. The van der Waals surface area contributed by atoms with Crippen molar-refractivity contribution in [3.8, 4) is 0 Å². The number of hydrogen-bond acceptors (Lipinski definition) is 5. The summed E-state index contributed by atoms with van der Waals surface area (Å²) in [6.07, 6.45) is 0.392. The average Bonchev–Trinajstić information content (AvgIpc) is 2.35. The van der Waals surface area contributed by atoms with Gasteiger partial charge in [0.15, 0.2) is 4.34 Å². The van der Waals surface area contributed by atoms with Crippen LogP contribution in [0.2, 0.25) is 0 Å². The number of carbonyl (C=O) groups is 1. The van der Waals surface area contributed by atoms with Crippen molar-refractivity contribution in [2.75, 3.05) is 5.75 Å². The van der Waals surface area contributed by atoms with Crippen LogP contribution in [0.4, 0.5) is 0 Å². The van der Waals surface area contributed by atoms with Crippen molar-refractivity contribution in [3.05, 3.63) is 5.01 Å². The summed E-state index contributed by atoms with van der Waals surface area (Å²) in [4.78, 5) is 10.4. The van der Waals surface area contributed by atoms with Gasteiger partial charge in [-0.3, -0.25) is 4.79 Å². The van der Waals surface area contributed by atoms with Crippen molar-refractivity contribution in [3.63, 3.8) is 0 Å². The molecule has 0 unspecified atom stereocenters. The largest absolute Gasteiger partial charge is 0.370 e.